The number of aromatic nitrogens is 3. The van der Waals surface area contributed by atoms with Crippen LogP contribution in [0.2, 0.25) is 0 Å². The van der Waals surface area contributed by atoms with Crippen LogP contribution in [0.15, 0.2) is 48.7 Å². The van der Waals surface area contributed by atoms with Crippen LogP contribution >= 0.6 is 0 Å². The normalized spacial score (nSPS) is 11.9. The second-order valence-electron chi connectivity index (χ2n) is 4.03. The van der Waals surface area contributed by atoms with E-state index in [2.05, 4.69) is 10.2 Å². The van der Waals surface area contributed by atoms with Gasteiger partial charge in [-0.1, -0.05) is 30.3 Å². The lowest BCUT2D eigenvalue weighted by Gasteiger charge is -2.06. The fourth-order valence-corrected chi connectivity index (χ4v) is 1.89. The third-order valence-corrected chi connectivity index (χ3v) is 2.76. The predicted molar refractivity (Wildman–Crippen MR) is 63.4 cm³/mol. The van der Waals surface area contributed by atoms with Crippen molar-refractivity contribution in [3.05, 3.63) is 54.5 Å². The minimum atomic E-state index is -4.52. The predicted octanol–water partition coefficient (Wildman–Crippen LogP) is 3.42. The Labute approximate surface area is 106 Å². The number of fused-ring (bicyclic) bond motifs is 1. The average molecular weight is 263 g/mol. The molecule has 1 aromatic carbocycles. The molecule has 6 heteroatoms. The van der Waals surface area contributed by atoms with E-state index in [9.17, 15) is 13.2 Å². The highest BCUT2D eigenvalue weighted by Crippen LogP contribution is 2.29. The van der Waals surface area contributed by atoms with E-state index in [-0.39, 0.29) is 5.65 Å². The van der Waals surface area contributed by atoms with E-state index in [4.69, 9.17) is 0 Å². The molecule has 0 fully saturated rings. The molecule has 2 heterocycles. The maximum Gasteiger partial charge on any atom is 0.452 e. The Morgan fingerprint density at radius 2 is 1.58 bits per heavy atom. The Kier molecular flexibility index (Phi) is 2.51. The summed E-state index contributed by atoms with van der Waals surface area (Å²) in [7, 11) is 0. The van der Waals surface area contributed by atoms with Crippen LogP contribution in [0.3, 0.4) is 0 Å². The van der Waals surface area contributed by atoms with Gasteiger partial charge in [-0.25, -0.2) is 0 Å². The molecule has 0 bridgehead atoms. The minimum Gasteiger partial charge on any atom is -0.278 e. The van der Waals surface area contributed by atoms with E-state index in [0.29, 0.717) is 5.56 Å². The summed E-state index contributed by atoms with van der Waals surface area (Å²) in [5.41, 5.74) is 1.69. The van der Waals surface area contributed by atoms with Gasteiger partial charge in [-0.3, -0.25) is 4.40 Å². The van der Waals surface area contributed by atoms with E-state index in [1.165, 1.54) is 12.3 Å². The van der Waals surface area contributed by atoms with Gasteiger partial charge in [-0.05, 0) is 23.3 Å². The number of nitrogens with zero attached hydrogens (tertiary/aromatic N) is 3. The average Bonchev–Trinajstić information content (AvgIpc) is 2.82. The van der Waals surface area contributed by atoms with Gasteiger partial charge in [0.1, 0.15) is 0 Å². The molecule has 0 aliphatic rings. The molecule has 3 aromatic rings. The third kappa shape index (κ3) is 2.05. The van der Waals surface area contributed by atoms with Gasteiger partial charge in [0, 0.05) is 6.20 Å². The van der Waals surface area contributed by atoms with Crippen LogP contribution in [-0.4, -0.2) is 14.6 Å². The molecule has 0 saturated carbocycles. The first-order valence-electron chi connectivity index (χ1n) is 5.53. The fraction of sp³-hybridized carbons (Fsp3) is 0.0769. The number of rotatable bonds is 1. The molecule has 0 spiro atoms. The number of halogens is 3. The van der Waals surface area contributed by atoms with Crippen LogP contribution in [0.25, 0.3) is 16.8 Å². The summed E-state index contributed by atoms with van der Waals surface area (Å²) < 4.78 is 39.2. The Balaban J connectivity index is 2.20. The summed E-state index contributed by atoms with van der Waals surface area (Å²) >= 11 is 0. The number of pyridine rings is 1. The van der Waals surface area contributed by atoms with Crippen LogP contribution in [0.4, 0.5) is 13.2 Å². The second-order valence-corrected chi connectivity index (χ2v) is 4.03. The summed E-state index contributed by atoms with van der Waals surface area (Å²) in [4.78, 5) is 0. The van der Waals surface area contributed by atoms with Crippen molar-refractivity contribution in [2.45, 2.75) is 6.18 Å². The van der Waals surface area contributed by atoms with Crippen molar-refractivity contribution in [2.75, 3.05) is 0 Å². The first kappa shape index (κ1) is 11.7. The molecule has 3 rings (SSSR count). The molecule has 2 aromatic heterocycles. The lowest BCUT2D eigenvalue weighted by atomic mass is 10.1. The van der Waals surface area contributed by atoms with Crippen molar-refractivity contribution in [1.29, 1.82) is 0 Å². The van der Waals surface area contributed by atoms with Crippen molar-refractivity contribution in [2.24, 2.45) is 0 Å². The molecule has 96 valence electrons. The zero-order valence-corrected chi connectivity index (χ0v) is 9.59. The number of hydrogen-bond donors (Lipinski definition) is 0. The van der Waals surface area contributed by atoms with E-state index < -0.39 is 12.0 Å². The maximum atomic E-state index is 12.8. The summed E-state index contributed by atoms with van der Waals surface area (Å²) in [5, 5.41) is 6.70. The third-order valence-electron chi connectivity index (χ3n) is 2.76. The summed E-state index contributed by atoms with van der Waals surface area (Å²) in [6.07, 6.45) is -3.12. The van der Waals surface area contributed by atoms with E-state index in [0.717, 1.165) is 9.96 Å². The van der Waals surface area contributed by atoms with Crippen LogP contribution in [-0.2, 0) is 6.18 Å². The van der Waals surface area contributed by atoms with Crippen molar-refractivity contribution >= 4 is 5.65 Å². The molecule has 19 heavy (non-hydrogen) atoms. The topological polar surface area (TPSA) is 30.2 Å². The highest BCUT2D eigenvalue weighted by Gasteiger charge is 2.36. The molecule has 0 aliphatic carbocycles. The minimum absolute atomic E-state index is 0.173. The molecule has 0 atom stereocenters. The smallest absolute Gasteiger partial charge is 0.278 e. The molecule has 0 N–H and O–H groups in total. The molecule has 0 saturated heterocycles. The highest BCUT2D eigenvalue weighted by molar-refractivity contribution is 5.64. The standard InChI is InChI=1S/C13H8F3N3/c14-13(15,16)12-18-17-11-7-6-10(8-19(11)12)9-4-2-1-3-5-9/h1-8H. The van der Waals surface area contributed by atoms with Crippen LogP contribution < -0.4 is 0 Å². The first-order chi connectivity index (χ1) is 9.05. The number of hydrogen-bond acceptors (Lipinski definition) is 2. The second kappa shape index (κ2) is 4.08. The molecule has 0 aliphatic heterocycles. The lowest BCUT2D eigenvalue weighted by molar-refractivity contribution is -0.145. The summed E-state index contributed by atoms with van der Waals surface area (Å²) in [6, 6.07) is 12.4. The van der Waals surface area contributed by atoms with Gasteiger partial charge in [0.15, 0.2) is 5.65 Å². The maximum absolute atomic E-state index is 12.8. The zero-order chi connectivity index (χ0) is 13.5. The van der Waals surface area contributed by atoms with Crippen LogP contribution in [0.5, 0.6) is 0 Å². The molecule has 3 nitrogen and oxygen atoms in total. The van der Waals surface area contributed by atoms with Gasteiger partial charge in [-0.15, -0.1) is 10.2 Å². The van der Waals surface area contributed by atoms with Crippen molar-refractivity contribution < 1.29 is 13.2 Å². The van der Waals surface area contributed by atoms with Gasteiger partial charge in [0.2, 0.25) is 5.82 Å². The Bertz CT molecular complexity index is 717. The molecule has 0 radical (unpaired) electrons. The van der Waals surface area contributed by atoms with Gasteiger partial charge in [0.05, 0.1) is 0 Å². The first-order valence-corrected chi connectivity index (χ1v) is 5.53. The quantitative estimate of drug-likeness (QED) is 0.673. The van der Waals surface area contributed by atoms with Crippen molar-refractivity contribution in [3.63, 3.8) is 0 Å². The molecule has 0 unspecified atom stereocenters. The zero-order valence-electron chi connectivity index (χ0n) is 9.59. The van der Waals surface area contributed by atoms with Gasteiger partial charge >= 0.3 is 6.18 Å². The van der Waals surface area contributed by atoms with E-state index in [1.54, 1.807) is 6.07 Å². The van der Waals surface area contributed by atoms with Crippen LogP contribution in [0, 0.1) is 0 Å². The molecule has 0 amide bonds. The number of alkyl halides is 3. The highest BCUT2D eigenvalue weighted by atomic mass is 19.4. The number of benzene rings is 1. The van der Waals surface area contributed by atoms with Crippen LogP contribution in [0.1, 0.15) is 5.82 Å². The van der Waals surface area contributed by atoms with E-state index >= 15 is 0 Å². The molecular formula is C13H8F3N3. The fourth-order valence-electron chi connectivity index (χ4n) is 1.89. The van der Waals surface area contributed by atoms with Gasteiger partial charge in [-0.2, -0.15) is 13.2 Å². The Hall–Kier alpha value is -2.37. The van der Waals surface area contributed by atoms with Gasteiger partial charge in [0.25, 0.3) is 0 Å². The monoisotopic (exact) mass is 263 g/mol. The summed E-state index contributed by atoms with van der Waals surface area (Å²) in [5.74, 6) is -1.01. The van der Waals surface area contributed by atoms with Crippen molar-refractivity contribution in [1.82, 2.24) is 14.6 Å². The summed E-state index contributed by atoms with van der Waals surface area (Å²) in [6.45, 7) is 0. The van der Waals surface area contributed by atoms with E-state index in [1.807, 2.05) is 30.3 Å². The van der Waals surface area contributed by atoms with Gasteiger partial charge < -0.3 is 0 Å². The Morgan fingerprint density at radius 1 is 0.842 bits per heavy atom. The lowest BCUT2D eigenvalue weighted by Crippen LogP contribution is -2.10. The van der Waals surface area contributed by atoms with Crippen molar-refractivity contribution in [3.8, 4) is 11.1 Å². The SMILES string of the molecule is FC(F)(F)c1nnc2ccc(-c3ccccc3)cn12. The largest absolute Gasteiger partial charge is 0.452 e. The Morgan fingerprint density at radius 3 is 2.26 bits per heavy atom. The molecular weight excluding hydrogens is 255 g/mol.